The van der Waals surface area contributed by atoms with E-state index in [1.54, 1.807) is 31.4 Å². The molecule has 0 aliphatic rings. The van der Waals surface area contributed by atoms with E-state index in [-0.39, 0.29) is 17.6 Å². The lowest BCUT2D eigenvalue weighted by molar-refractivity contribution is 0.0949. The molecule has 3 rings (SSSR count). The van der Waals surface area contributed by atoms with E-state index in [4.69, 9.17) is 4.74 Å². The first-order chi connectivity index (χ1) is 13.5. The van der Waals surface area contributed by atoms with E-state index in [1.807, 2.05) is 24.3 Å². The van der Waals surface area contributed by atoms with Crippen LogP contribution in [0.5, 0.6) is 5.75 Å². The Morgan fingerprint density at radius 3 is 1.96 bits per heavy atom. The van der Waals surface area contributed by atoms with Crippen molar-refractivity contribution in [2.75, 3.05) is 12.4 Å². The molecule has 0 spiro atoms. The number of amides is 2. The number of carbonyl (C=O) groups excluding carboxylic acids is 2. The van der Waals surface area contributed by atoms with Crippen LogP contribution in [-0.2, 0) is 6.54 Å². The lowest BCUT2D eigenvalue weighted by Crippen LogP contribution is -2.23. The minimum Gasteiger partial charge on any atom is -0.497 e. The first-order valence-electron chi connectivity index (χ1n) is 8.63. The zero-order valence-corrected chi connectivity index (χ0v) is 15.2. The Morgan fingerprint density at radius 2 is 1.39 bits per heavy atom. The summed E-state index contributed by atoms with van der Waals surface area (Å²) >= 11 is 0. The van der Waals surface area contributed by atoms with Crippen LogP contribution >= 0.6 is 0 Å². The van der Waals surface area contributed by atoms with E-state index in [1.165, 1.54) is 24.3 Å². The van der Waals surface area contributed by atoms with Crippen molar-refractivity contribution in [1.29, 1.82) is 0 Å². The van der Waals surface area contributed by atoms with Crippen molar-refractivity contribution in [2.45, 2.75) is 6.54 Å². The molecule has 5 nitrogen and oxygen atoms in total. The van der Waals surface area contributed by atoms with Crippen molar-refractivity contribution in [3.05, 3.63) is 95.3 Å². The summed E-state index contributed by atoms with van der Waals surface area (Å²) in [5.41, 5.74) is 2.29. The molecule has 0 unspecified atom stereocenters. The molecule has 0 heterocycles. The molecule has 0 aliphatic heterocycles. The van der Waals surface area contributed by atoms with Gasteiger partial charge in [0.15, 0.2) is 0 Å². The quantitative estimate of drug-likeness (QED) is 0.681. The van der Waals surface area contributed by atoms with Crippen LogP contribution in [0, 0.1) is 5.82 Å². The molecule has 0 aliphatic carbocycles. The Bertz CT molecular complexity index is 953. The summed E-state index contributed by atoms with van der Waals surface area (Å²) in [7, 11) is 1.60. The molecule has 6 heteroatoms. The number of ether oxygens (including phenoxy) is 1. The number of anilines is 1. The van der Waals surface area contributed by atoms with Gasteiger partial charge in [-0.3, -0.25) is 9.59 Å². The second-order valence-corrected chi connectivity index (χ2v) is 6.07. The van der Waals surface area contributed by atoms with E-state index in [2.05, 4.69) is 10.6 Å². The van der Waals surface area contributed by atoms with Crippen molar-refractivity contribution in [1.82, 2.24) is 5.32 Å². The van der Waals surface area contributed by atoms with Crippen LogP contribution in [0.4, 0.5) is 10.1 Å². The van der Waals surface area contributed by atoms with Gasteiger partial charge in [-0.15, -0.1) is 0 Å². The minimum atomic E-state index is -0.372. The fourth-order valence-corrected chi connectivity index (χ4v) is 2.54. The Hall–Kier alpha value is -3.67. The van der Waals surface area contributed by atoms with E-state index in [0.717, 1.165) is 11.3 Å². The van der Waals surface area contributed by atoms with E-state index >= 15 is 0 Å². The SMILES string of the molecule is COc1ccc(CNC(=O)c2ccc(C(=O)Nc3ccc(F)cc3)cc2)cc1. The zero-order valence-electron chi connectivity index (χ0n) is 15.2. The molecule has 3 aromatic carbocycles. The van der Waals surface area contributed by atoms with Gasteiger partial charge in [-0.2, -0.15) is 0 Å². The average Bonchev–Trinajstić information content (AvgIpc) is 2.74. The van der Waals surface area contributed by atoms with E-state index < -0.39 is 0 Å². The lowest BCUT2D eigenvalue weighted by atomic mass is 10.1. The number of rotatable bonds is 6. The molecular weight excluding hydrogens is 359 g/mol. The molecule has 0 saturated carbocycles. The van der Waals surface area contributed by atoms with Crippen molar-refractivity contribution in [2.24, 2.45) is 0 Å². The Balaban J connectivity index is 1.57. The maximum Gasteiger partial charge on any atom is 0.255 e. The first kappa shape index (κ1) is 19.1. The van der Waals surface area contributed by atoms with Crippen LogP contribution in [0.25, 0.3) is 0 Å². The van der Waals surface area contributed by atoms with Crippen LogP contribution in [0.1, 0.15) is 26.3 Å². The Morgan fingerprint density at radius 1 is 0.821 bits per heavy atom. The van der Waals surface area contributed by atoms with Gasteiger partial charge in [0.25, 0.3) is 11.8 Å². The van der Waals surface area contributed by atoms with Crippen LogP contribution in [0.2, 0.25) is 0 Å². The highest BCUT2D eigenvalue weighted by Crippen LogP contribution is 2.13. The van der Waals surface area contributed by atoms with Crippen molar-refractivity contribution >= 4 is 17.5 Å². The second kappa shape index (κ2) is 8.81. The van der Waals surface area contributed by atoms with Gasteiger partial charge < -0.3 is 15.4 Å². The summed E-state index contributed by atoms with van der Waals surface area (Å²) < 4.78 is 18.0. The van der Waals surface area contributed by atoms with Gasteiger partial charge in [-0.05, 0) is 66.2 Å². The van der Waals surface area contributed by atoms with Gasteiger partial charge in [0, 0.05) is 23.4 Å². The maximum atomic E-state index is 12.9. The molecule has 28 heavy (non-hydrogen) atoms. The molecule has 0 fully saturated rings. The molecular formula is C22H19FN2O3. The summed E-state index contributed by atoms with van der Waals surface area (Å²) in [5.74, 6) is -0.189. The molecule has 0 bridgehead atoms. The number of halogens is 1. The van der Waals surface area contributed by atoms with E-state index in [0.29, 0.717) is 23.4 Å². The smallest absolute Gasteiger partial charge is 0.255 e. The highest BCUT2D eigenvalue weighted by molar-refractivity contribution is 6.05. The van der Waals surface area contributed by atoms with Gasteiger partial charge in [0.2, 0.25) is 0 Å². The van der Waals surface area contributed by atoms with Crippen LogP contribution in [-0.4, -0.2) is 18.9 Å². The molecule has 0 atom stereocenters. The number of methoxy groups -OCH3 is 1. The predicted molar refractivity (Wildman–Crippen MR) is 105 cm³/mol. The zero-order chi connectivity index (χ0) is 19.9. The summed E-state index contributed by atoms with van der Waals surface area (Å²) in [6.45, 7) is 0.385. The van der Waals surface area contributed by atoms with E-state index in [9.17, 15) is 14.0 Å². The Kier molecular flexibility index (Phi) is 6.01. The average molecular weight is 378 g/mol. The summed E-state index contributed by atoms with van der Waals surface area (Å²) in [6.07, 6.45) is 0. The fraction of sp³-hybridized carbons (Fsp3) is 0.0909. The summed E-state index contributed by atoms with van der Waals surface area (Å²) in [4.78, 5) is 24.5. The molecule has 0 radical (unpaired) electrons. The number of hydrogen-bond acceptors (Lipinski definition) is 3. The maximum absolute atomic E-state index is 12.9. The fourth-order valence-electron chi connectivity index (χ4n) is 2.54. The van der Waals surface area contributed by atoms with Gasteiger partial charge in [0.1, 0.15) is 11.6 Å². The molecule has 2 N–H and O–H groups in total. The summed E-state index contributed by atoms with van der Waals surface area (Å²) in [5, 5.41) is 5.50. The third-order valence-electron chi connectivity index (χ3n) is 4.12. The normalized spacial score (nSPS) is 10.2. The third kappa shape index (κ3) is 4.94. The second-order valence-electron chi connectivity index (χ2n) is 6.07. The standard InChI is InChI=1S/C22H19FN2O3/c1-28-20-12-2-15(3-13-20)14-24-21(26)16-4-6-17(7-5-16)22(27)25-19-10-8-18(23)9-11-19/h2-13H,14H2,1H3,(H,24,26)(H,25,27). The monoisotopic (exact) mass is 378 g/mol. The van der Waals surface area contributed by atoms with Crippen LogP contribution in [0.15, 0.2) is 72.8 Å². The van der Waals surface area contributed by atoms with Crippen LogP contribution < -0.4 is 15.4 Å². The van der Waals surface area contributed by atoms with Crippen molar-refractivity contribution < 1.29 is 18.7 Å². The minimum absolute atomic E-state index is 0.235. The summed E-state index contributed by atoms with van der Waals surface area (Å²) in [6, 6.07) is 19.2. The number of hydrogen-bond donors (Lipinski definition) is 2. The van der Waals surface area contributed by atoms with Crippen molar-refractivity contribution in [3.63, 3.8) is 0 Å². The Labute approximate surface area is 162 Å². The highest BCUT2D eigenvalue weighted by atomic mass is 19.1. The predicted octanol–water partition coefficient (Wildman–Crippen LogP) is 4.02. The number of nitrogens with one attached hydrogen (secondary N) is 2. The molecule has 0 saturated heterocycles. The molecule has 2 amide bonds. The first-order valence-corrected chi connectivity index (χ1v) is 8.63. The third-order valence-corrected chi connectivity index (χ3v) is 4.12. The van der Waals surface area contributed by atoms with Gasteiger partial charge in [-0.25, -0.2) is 4.39 Å². The molecule has 142 valence electrons. The van der Waals surface area contributed by atoms with Gasteiger partial charge >= 0.3 is 0 Å². The topological polar surface area (TPSA) is 67.4 Å². The van der Waals surface area contributed by atoms with Crippen molar-refractivity contribution in [3.8, 4) is 5.75 Å². The van der Waals surface area contributed by atoms with Crippen LogP contribution in [0.3, 0.4) is 0 Å². The number of benzene rings is 3. The van der Waals surface area contributed by atoms with Gasteiger partial charge in [-0.1, -0.05) is 12.1 Å². The largest absolute Gasteiger partial charge is 0.497 e. The number of carbonyl (C=O) groups is 2. The van der Waals surface area contributed by atoms with Gasteiger partial charge in [0.05, 0.1) is 7.11 Å². The molecule has 3 aromatic rings. The molecule has 0 aromatic heterocycles. The highest BCUT2D eigenvalue weighted by Gasteiger charge is 2.09. The lowest BCUT2D eigenvalue weighted by Gasteiger charge is -2.08.